The molecule has 0 bridgehead atoms. The van der Waals surface area contributed by atoms with Gasteiger partial charge in [0.15, 0.2) is 0 Å². The Morgan fingerprint density at radius 2 is 1.93 bits per heavy atom. The molecule has 2 nitrogen and oxygen atoms in total. The monoisotopic (exact) mass is 208 g/mol. The molecule has 1 aromatic carbocycles. The van der Waals surface area contributed by atoms with Gasteiger partial charge in [-0.2, -0.15) is 5.26 Å². The van der Waals surface area contributed by atoms with E-state index in [2.05, 4.69) is 11.4 Å². The Labute approximate surface area is 90.3 Å². The molecular weight excluding hydrogens is 196 g/mol. The van der Waals surface area contributed by atoms with Gasteiger partial charge in [0.1, 0.15) is 0 Å². The van der Waals surface area contributed by atoms with Crippen molar-refractivity contribution in [3.8, 4) is 6.07 Å². The molecule has 1 aliphatic rings. The van der Waals surface area contributed by atoms with Gasteiger partial charge < -0.3 is 5.32 Å². The molecule has 0 radical (unpaired) electrons. The van der Waals surface area contributed by atoms with Crippen molar-refractivity contribution < 1.29 is 0 Å². The number of anilines is 1. The summed E-state index contributed by atoms with van der Waals surface area (Å²) in [7, 11) is 0. The van der Waals surface area contributed by atoms with E-state index in [1.165, 1.54) is 0 Å². The summed E-state index contributed by atoms with van der Waals surface area (Å²) >= 11 is 0. The van der Waals surface area contributed by atoms with Crippen LogP contribution in [0.2, 0.25) is 0 Å². The highest BCUT2D eigenvalue weighted by Crippen LogP contribution is 2.44. The molecule has 74 valence electrons. The smallest absolute Gasteiger partial charge is 0.0747 e. The molecule has 1 fully saturated rings. The second-order valence-electron chi connectivity index (χ2n) is 3.61. The van der Waals surface area contributed by atoms with Crippen LogP contribution in [-0.4, -0.2) is 6.54 Å². The zero-order valence-electron chi connectivity index (χ0n) is 7.86. The lowest BCUT2D eigenvalue weighted by Crippen LogP contribution is -2.12. The van der Waals surface area contributed by atoms with Crippen molar-refractivity contribution in [3.05, 3.63) is 30.3 Å². The maximum atomic E-state index is 8.84. The Morgan fingerprint density at radius 3 is 2.43 bits per heavy atom. The number of nitrogens with one attached hydrogen (secondary N) is 1. The van der Waals surface area contributed by atoms with Crippen LogP contribution in [0.5, 0.6) is 0 Å². The molecule has 2 rings (SSSR count). The van der Waals surface area contributed by atoms with Crippen LogP contribution in [0.25, 0.3) is 0 Å². The third-order valence-corrected chi connectivity index (χ3v) is 2.50. The van der Waals surface area contributed by atoms with Crippen LogP contribution in [-0.2, 0) is 0 Å². The molecule has 0 atom stereocenters. The Balaban J connectivity index is 0.000000980. The SMILES string of the molecule is Cl.N#CC1(CNc2ccccc2)CC1. The summed E-state index contributed by atoms with van der Waals surface area (Å²) in [6.45, 7) is 0.785. The summed E-state index contributed by atoms with van der Waals surface area (Å²) in [5, 5.41) is 12.1. The van der Waals surface area contributed by atoms with Crippen LogP contribution in [0.4, 0.5) is 5.69 Å². The van der Waals surface area contributed by atoms with Gasteiger partial charge in [-0.15, -0.1) is 12.4 Å². The van der Waals surface area contributed by atoms with E-state index >= 15 is 0 Å². The topological polar surface area (TPSA) is 35.8 Å². The van der Waals surface area contributed by atoms with E-state index in [0.29, 0.717) is 0 Å². The highest BCUT2D eigenvalue weighted by atomic mass is 35.5. The number of nitriles is 1. The largest absolute Gasteiger partial charge is 0.383 e. The number of nitrogens with zero attached hydrogens (tertiary/aromatic N) is 1. The van der Waals surface area contributed by atoms with Crippen molar-refractivity contribution in [2.24, 2.45) is 5.41 Å². The van der Waals surface area contributed by atoms with Crippen LogP contribution >= 0.6 is 12.4 Å². The van der Waals surface area contributed by atoms with E-state index in [1.54, 1.807) is 0 Å². The molecule has 0 spiro atoms. The fourth-order valence-corrected chi connectivity index (χ4v) is 1.31. The molecule has 1 saturated carbocycles. The van der Waals surface area contributed by atoms with Crippen LogP contribution in [0.3, 0.4) is 0 Å². The fourth-order valence-electron chi connectivity index (χ4n) is 1.31. The van der Waals surface area contributed by atoms with Gasteiger partial charge in [-0.1, -0.05) is 18.2 Å². The van der Waals surface area contributed by atoms with E-state index in [-0.39, 0.29) is 17.8 Å². The molecule has 0 unspecified atom stereocenters. The van der Waals surface area contributed by atoms with E-state index in [0.717, 1.165) is 25.1 Å². The zero-order chi connectivity index (χ0) is 9.15. The maximum Gasteiger partial charge on any atom is 0.0747 e. The molecule has 3 heteroatoms. The lowest BCUT2D eigenvalue weighted by molar-refractivity contribution is 0.711. The van der Waals surface area contributed by atoms with Gasteiger partial charge in [0.2, 0.25) is 0 Å². The number of hydrogen-bond donors (Lipinski definition) is 1. The van der Waals surface area contributed by atoms with E-state index < -0.39 is 0 Å². The normalized spacial score (nSPS) is 16.2. The minimum atomic E-state index is -0.0597. The number of benzene rings is 1. The van der Waals surface area contributed by atoms with Gasteiger partial charge in [0.25, 0.3) is 0 Å². The van der Waals surface area contributed by atoms with Crippen molar-refractivity contribution in [1.82, 2.24) is 0 Å². The van der Waals surface area contributed by atoms with E-state index in [4.69, 9.17) is 5.26 Å². The Hall–Kier alpha value is -1.20. The summed E-state index contributed by atoms with van der Waals surface area (Å²) in [5.74, 6) is 0. The molecular formula is C11H13ClN2. The summed E-state index contributed by atoms with van der Waals surface area (Å²) in [6.07, 6.45) is 2.09. The Kier molecular flexibility index (Phi) is 3.38. The van der Waals surface area contributed by atoms with Gasteiger partial charge in [0.05, 0.1) is 11.5 Å². The van der Waals surface area contributed by atoms with Crippen molar-refractivity contribution in [2.75, 3.05) is 11.9 Å². The predicted molar refractivity (Wildman–Crippen MR) is 59.5 cm³/mol. The van der Waals surface area contributed by atoms with Crippen molar-refractivity contribution >= 4 is 18.1 Å². The first-order chi connectivity index (χ1) is 6.35. The van der Waals surface area contributed by atoms with Crippen LogP contribution in [0.15, 0.2) is 30.3 Å². The van der Waals surface area contributed by atoms with Crippen molar-refractivity contribution in [2.45, 2.75) is 12.8 Å². The van der Waals surface area contributed by atoms with E-state index in [9.17, 15) is 0 Å². The summed E-state index contributed by atoms with van der Waals surface area (Å²) < 4.78 is 0. The lowest BCUT2D eigenvalue weighted by atomic mass is 10.1. The summed E-state index contributed by atoms with van der Waals surface area (Å²) in [5.41, 5.74) is 1.04. The fraction of sp³-hybridized carbons (Fsp3) is 0.364. The molecule has 1 aromatic rings. The highest BCUT2D eigenvalue weighted by Gasteiger charge is 2.42. The number of hydrogen-bond acceptors (Lipinski definition) is 2. The third-order valence-electron chi connectivity index (χ3n) is 2.50. The van der Waals surface area contributed by atoms with Gasteiger partial charge in [0, 0.05) is 12.2 Å². The minimum absolute atomic E-state index is 0. The first-order valence-corrected chi connectivity index (χ1v) is 4.55. The molecule has 14 heavy (non-hydrogen) atoms. The Bertz CT molecular complexity index is 325. The number of para-hydroxylation sites is 1. The first-order valence-electron chi connectivity index (χ1n) is 4.55. The lowest BCUT2D eigenvalue weighted by Gasteiger charge is -2.08. The number of halogens is 1. The molecule has 1 N–H and O–H groups in total. The Morgan fingerprint density at radius 1 is 1.29 bits per heavy atom. The summed E-state index contributed by atoms with van der Waals surface area (Å²) in [4.78, 5) is 0. The molecule has 0 heterocycles. The quantitative estimate of drug-likeness (QED) is 0.829. The standard InChI is InChI=1S/C11H12N2.ClH/c12-8-11(6-7-11)9-13-10-4-2-1-3-5-10;/h1-5,13H,6-7,9H2;1H. The van der Waals surface area contributed by atoms with Gasteiger partial charge in [-0.05, 0) is 25.0 Å². The average Bonchev–Trinajstić information content (AvgIpc) is 2.97. The maximum absolute atomic E-state index is 8.84. The van der Waals surface area contributed by atoms with Gasteiger partial charge in [-0.25, -0.2) is 0 Å². The van der Waals surface area contributed by atoms with Crippen LogP contribution in [0, 0.1) is 16.7 Å². The van der Waals surface area contributed by atoms with Crippen LogP contribution in [0.1, 0.15) is 12.8 Å². The zero-order valence-corrected chi connectivity index (χ0v) is 8.68. The molecule has 0 aromatic heterocycles. The molecule has 0 saturated heterocycles. The first kappa shape index (κ1) is 10.9. The van der Waals surface area contributed by atoms with Gasteiger partial charge in [-0.3, -0.25) is 0 Å². The van der Waals surface area contributed by atoms with E-state index in [1.807, 2.05) is 30.3 Å². The second kappa shape index (κ2) is 4.34. The minimum Gasteiger partial charge on any atom is -0.383 e. The molecule has 0 amide bonds. The average molecular weight is 209 g/mol. The number of rotatable bonds is 3. The predicted octanol–water partition coefficient (Wildman–Crippen LogP) is 2.82. The van der Waals surface area contributed by atoms with Gasteiger partial charge >= 0.3 is 0 Å². The van der Waals surface area contributed by atoms with Crippen molar-refractivity contribution in [1.29, 1.82) is 5.26 Å². The molecule has 1 aliphatic carbocycles. The summed E-state index contributed by atoms with van der Waals surface area (Å²) in [6, 6.07) is 12.4. The van der Waals surface area contributed by atoms with Crippen molar-refractivity contribution in [3.63, 3.8) is 0 Å². The second-order valence-corrected chi connectivity index (χ2v) is 3.61. The van der Waals surface area contributed by atoms with Crippen LogP contribution < -0.4 is 5.32 Å². The molecule has 0 aliphatic heterocycles. The highest BCUT2D eigenvalue weighted by molar-refractivity contribution is 5.85. The third kappa shape index (κ3) is 2.40.